The second-order valence-corrected chi connectivity index (χ2v) is 8.69. The van der Waals surface area contributed by atoms with Crippen molar-refractivity contribution < 1.29 is 53.6 Å². The molecule has 0 saturated carbocycles. The van der Waals surface area contributed by atoms with Gasteiger partial charge in [0.25, 0.3) is 0 Å². The highest BCUT2D eigenvalue weighted by atomic mass is 16.7. The van der Waals surface area contributed by atoms with Crippen LogP contribution in [0.25, 0.3) is 22.3 Å². The molecule has 1 saturated heterocycles. The first-order valence-corrected chi connectivity index (χ1v) is 11.5. The Bertz CT molecular complexity index is 1210. The summed E-state index contributed by atoms with van der Waals surface area (Å²) in [4.78, 5) is 0. The Morgan fingerprint density at radius 1 is 1.00 bits per heavy atom. The van der Waals surface area contributed by atoms with Gasteiger partial charge in [0.2, 0.25) is 6.79 Å². The smallest absolute Gasteiger partial charge is 0.231 e. The van der Waals surface area contributed by atoms with E-state index >= 15 is 0 Å². The van der Waals surface area contributed by atoms with Crippen LogP contribution in [0, 0.1) is 0 Å². The normalized spacial score (nSPS) is 26.3. The molecule has 5 rings (SSSR count). The van der Waals surface area contributed by atoms with Gasteiger partial charge in [-0.3, -0.25) is 0 Å². The number of aliphatic hydroxyl groups is 5. The zero-order valence-corrected chi connectivity index (χ0v) is 19.4. The number of methoxy groups -OCH3 is 1. The predicted octanol–water partition coefficient (Wildman–Crippen LogP) is 1.08. The Kier molecular flexibility index (Phi) is 7.04. The van der Waals surface area contributed by atoms with Crippen molar-refractivity contribution in [2.24, 2.45) is 0 Å². The lowest BCUT2D eigenvalue weighted by atomic mass is 9.99. The maximum absolute atomic E-state index is 10.8. The van der Waals surface area contributed by atoms with E-state index in [1.807, 2.05) is 24.3 Å². The van der Waals surface area contributed by atoms with Crippen molar-refractivity contribution in [1.82, 2.24) is 0 Å². The minimum Gasteiger partial charge on any atom is -0.493 e. The molecular weight excluding hydrogens is 476 g/mol. The van der Waals surface area contributed by atoms with Crippen molar-refractivity contribution in [3.63, 3.8) is 0 Å². The van der Waals surface area contributed by atoms with Gasteiger partial charge in [0.05, 0.1) is 26.4 Å². The van der Waals surface area contributed by atoms with Gasteiger partial charge in [0.15, 0.2) is 29.1 Å². The van der Waals surface area contributed by atoms with Crippen LogP contribution >= 0.6 is 0 Å². The lowest BCUT2D eigenvalue weighted by Gasteiger charge is -2.39. The summed E-state index contributed by atoms with van der Waals surface area (Å²) >= 11 is 0. The van der Waals surface area contributed by atoms with Gasteiger partial charge in [0, 0.05) is 17.4 Å². The number of ether oxygens (including phenoxy) is 5. The van der Waals surface area contributed by atoms with E-state index in [4.69, 9.17) is 28.1 Å². The molecule has 0 unspecified atom stereocenters. The molecule has 2 aliphatic rings. The molecule has 11 heteroatoms. The molecule has 6 atom stereocenters. The zero-order chi connectivity index (χ0) is 25.4. The minimum atomic E-state index is -1.53. The van der Waals surface area contributed by atoms with Gasteiger partial charge in [-0.1, -0.05) is 0 Å². The van der Waals surface area contributed by atoms with E-state index in [-0.39, 0.29) is 19.8 Å². The fourth-order valence-electron chi connectivity index (χ4n) is 4.35. The highest BCUT2D eigenvalue weighted by Gasteiger charge is 2.44. The number of rotatable bonds is 8. The van der Waals surface area contributed by atoms with E-state index in [2.05, 4.69) is 0 Å². The lowest BCUT2D eigenvalue weighted by Crippen LogP contribution is -2.59. The van der Waals surface area contributed by atoms with Gasteiger partial charge >= 0.3 is 0 Å². The van der Waals surface area contributed by atoms with Crippen LogP contribution in [0.3, 0.4) is 0 Å². The Morgan fingerprint density at radius 3 is 2.58 bits per heavy atom. The molecule has 0 aliphatic carbocycles. The summed E-state index contributed by atoms with van der Waals surface area (Å²) in [5.74, 6) is 2.35. The maximum Gasteiger partial charge on any atom is 0.231 e. The highest BCUT2D eigenvalue weighted by molar-refractivity contribution is 5.88. The number of aliphatic hydroxyl groups excluding tert-OH is 5. The van der Waals surface area contributed by atoms with Crippen LogP contribution in [0.5, 0.6) is 17.2 Å². The second kappa shape index (κ2) is 10.2. The monoisotopic (exact) mass is 504 g/mol. The van der Waals surface area contributed by atoms with Crippen molar-refractivity contribution in [2.45, 2.75) is 43.2 Å². The molecule has 11 nitrogen and oxygen atoms in total. The Balaban J connectivity index is 1.29. The molecule has 3 aromatic rings. The molecular formula is C25H28O11. The largest absolute Gasteiger partial charge is 0.493 e. The topological polar surface area (TPSA) is 160 Å². The summed E-state index contributed by atoms with van der Waals surface area (Å²) in [6.45, 7) is -0.404. The van der Waals surface area contributed by atoms with Crippen molar-refractivity contribution in [3.05, 3.63) is 42.0 Å². The molecule has 2 aromatic carbocycles. The fraction of sp³-hybridized carbons (Fsp3) is 0.440. The summed E-state index contributed by atoms with van der Waals surface area (Å²) in [5, 5.41) is 50.7. The molecule has 5 N–H and O–H groups in total. The Hall–Kier alpha value is -2.90. The van der Waals surface area contributed by atoms with Crippen molar-refractivity contribution in [3.8, 4) is 28.6 Å². The van der Waals surface area contributed by atoms with Crippen LogP contribution < -0.4 is 14.2 Å². The fourth-order valence-corrected chi connectivity index (χ4v) is 4.35. The summed E-state index contributed by atoms with van der Waals surface area (Å²) in [6, 6.07) is 10.8. The molecule has 194 valence electrons. The van der Waals surface area contributed by atoms with Crippen LogP contribution in [0.4, 0.5) is 0 Å². The Morgan fingerprint density at radius 2 is 1.81 bits per heavy atom. The van der Waals surface area contributed by atoms with E-state index < -0.39 is 43.4 Å². The second-order valence-electron chi connectivity index (χ2n) is 8.69. The van der Waals surface area contributed by atoms with E-state index in [0.29, 0.717) is 34.2 Å². The average molecular weight is 504 g/mol. The third kappa shape index (κ3) is 4.62. The molecule has 0 bridgehead atoms. The number of fused-ring (bicyclic) bond motifs is 2. The molecule has 3 heterocycles. The molecule has 0 amide bonds. The van der Waals surface area contributed by atoms with E-state index in [0.717, 1.165) is 10.9 Å². The van der Waals surface area contributed by atoms with Crippen LogP contribution in [-0.4, -0.2) is 83.4 Å². The molecule has 1 aromatic heterocycles. The van der Waals surface area contributed by atoms with Crippen LogP contribution in [0.2, 0.25) is 0 Å². The average Bonchev–Trinajstić information content (AvgIpc) is 3.54. The molecule has 0 radical (unpaired) electrons. The maximum atomic E-state index is 10.8. The first-order chi connectivity index (χ1) is 17.4. The summed E-state index contributed by atoms with van der Waals surface area (Å²) in [7, 11) is 1.51. The molecule has 36 heavy (non-hydrogen) atoms. The van der Waals surface area contributed by atoms with Crippen molar-refractivity contribution in [2.75, 3.05) is 27.1 Å². The van der Waals surface area contributed by atoms with Crippen molar-refractivity contribution in [1.29, 1.82) is 0 Å². The molecule has 1 fully saturated rings. The first kappa shape index (κ1) is 24.8. The third-order valence-corrected chi connectivity index (χ3v) is 6.39. The van der Waals surface area contributed by atoms with Crippen molar-refractivity contribution >= 4 is 11.0 Å². The van der Waals surface area contributed by atoms with Gasteiger partial charge in [0.1, 0.15) is 30.2 Å². The number of hydrogen-bond acceptors (Lipinski definition) is 11. The predicted molar refractivity (Wildman–Crippen MR) is 124 cm³/mol. The molecule has 0 spiro atoms. The zero-order valence-electron chi connectivity index (χ0n) is 19.4. The summed E-state index contributed by atoms with van der Waals surface area (Å²) < 4.78 is 33.2. The van der Waals surface area contributed by atoms with Crippen LogP contribution in [0.15, 0.2) is 40.8 Å². The van der Waals surface area contributed by atoms with Gasteiger partial charge in [-0.15, -0.1) is 0 Å². The Labute approximate surface area is 206 Å². The quantitative estimate of drug-likeness (QED) is 0.299. The van der Waals surface area contributed by atoms with E-state index in [1.165, 1.54) is 7.11 Å². The van der Waals surface area contributed by atoms with Crippen LogP contribution in [-0.2, 0) is 9.47 Å². The van der Waals surface area contributed by atoms with Gasteiger partial charge in [-0.05, 0) is 42.0 Å². The SMILES string of the molecule is COc1cc([C@H](O)CCO[C@H]2O[C@@H](CO)[C@@H](O)[C@@H](O)[C@@H]2O)cc2cc(-c3ccc4c(c3)OCO4)oc12. The van der Waals surface area contributed by atoms with E-state index in [9.17, 15) is 25.5 Å². The summed E-state index contributed by atoms with van der Waals surface area (Å²) in [6.07, 6.45) is -7.64. The molecule has 2 aliphatic heterocycles. The van der Waals surface area contributed by atoms with Gasteiger partial charge in [-0.2, -0.15) is 0 Å². The first-order valence-electron chi connectivity index (χ1n) is 11.5. The van der Waals surface area contributed by atoms with Gasteiger partial charge < -0.3 is 53.6 Å². The van der Waals surface area contributed by atoms with E-state index in [1.54, 1.807) is 12.1 Å². The number of hydrogen-bond donors (Lipinski definition) is 5. The highest BCUT2D eigenvalue weighted by Crippen LogP contribution is 2.40. The number of benzene rings is 2. The standard InChI is InChI=1S/C25H28O11/c1-31-19-8-13(15(27)4-5-32-25-23(30)22(29)21(28)20(10-26)36-25)6-14-9-17(35-24(14)19)12-2-3-16-18(7-12)34-11-33-16/h2-3,6-9,15,20-23,25-30H,4-5,10-11H2,1H3/t15-,20+,21-,22-,23+,25+/m1/s1. The van der Waals surface area contributed by atoms with Crippen LogP contribution in [0.1, 0.15) is 18.1 Å². The van der Waals surface area contributed by atoms with Gasteiger partial charge in [-0.25, -0.2) is 0 Å². The lowest BCUT2D eigenvalue weighted by molar-refractivity contribution is -0.301. The third-order valence-electron chi connectivity index (χ3n) is 6.39. The summed E-state index contributed by atoms with van der Waals surface area (Å²) in [5.41, 5.74) is 1.89. The number of furan rings is 1. The minimum absolute atomic E-state index is 0.0297.